The van der Waals surface area contributed by atoms with Crippen molar-refractivity contribution in [2.45, 2.75) is 26.8 Å². The summed E-state index contributed by atoms with van der Waals surface area (Å²) in [6.45, 7) is 5.02. The fourth-order valence-corrected chi connectivity index (χ4v) is 3.99. The van der Waals surface area contributed by atoms with Crippen molar-refractivity contribution in [3.05, 3.63) is 56.4 Å². The van der Waals surface area contributed by atoms with Crippen LogP contribution in [0.3, 0.4) is 0 Å². The lowest BCUT2D eigenvalue weighted by molar-refractivity contribution is -0.130. The molecule has 28 heavy (non-hydrogen) atoms. The Bertz CT molecular complexity index is 1060. The van der Waals surface area contributed by atoms with E-state index in [-0.39, 0.29) is 17.9 Å². The lowest BCUT2D eigenvalue weighted by Gasteiger charge is -2.18. The van der Waals surface area contributed by atoms with Gasteiger partial charge in [0, 0.05) is 29.9 Å². The van der Waals surface area contributed by atoms with Gasteiger partial charge in [0.05, 0.1) is 18.3 Å². The van der Waals surface area contributed by atoms with Crippen LogP contribution < -0.4 is 10.3 Å². The molecule has 148 valence electrons. The lowest BCUT2D eigenvalue weighted by Crippen LogP contribution is -2.32. The fourth-order valence-electron chi connectivity index (χ4n) is 2.82. The van der Waals surface area contributed by atoms with E-state index in [4.69, 9.17) is 16.3 Å². The molecule has 1 aromatic carbocycles. The second-order valence-electron chi connectivity index (χ2n) is 6.58. The number of aromatic nitrogens is 2. The molecule has 6 nitrogen and oxygen atoms in total. The third-order valence-electron chi connectivity index (χ3n) is 4.64. The Morgan fingerprint density at radius 1 is 1.36 bits per heavy atom. The smallest absolute Gasteiger partial charge is 0.262 e. The summed E-state index contributed by atoms with van der Waals surface area (Å²) in [5.74, 6) is 0.612. The Morgan fingerprint density at radius 3 is 2.89 bits per heavy atom. The number of hydrogen-bond donors (Lipinski definition) is 0. The summed E-state index contributed by atoms with van der Waals surface area (Å²) in [5, 5.41) is 1.26. The number of amides is 1. The van der Waals surface area contributed by atoms with Crippen LogP contribution in [0.15, 0.2) is 35.4 Å². The highest BCUT2D eigenvalue weighted by Gasteiger charge is 2.14. The average molecular weight is 420 g/mol. The first-order valence-electron chi connectivity index (χ1n) is 8.94. The maximum atomic E-state index is 12.7. The van der Waals surface area contributed by atoms with E-state index in [9.17, 15) is 9.59 Å². The lowest BCUT2D eigenvalue weighted by atomic mass is 10.2. The molecular formula is C20H22ClN3O3S. The summed E-state index contributed by atoms with van der Waals surface area (Å²) in [7, 11) is 1.72. The van der Waals surface area contributed by atoms with Crippen molar-refractivity contribution in [3.8, 4) is 5.75 Å². The first-order chi connectivity index (χ1) is 13.4. The SMILES string of the molecule is Cc1sc2ncn(CCC(=O)N(C)CCOc3cccc(Cl)c3)c(=O)c2c1C. The number of benzene rings is 1. The molecule has 2 aromatic heterocycles. The third kappa shape index (κ3) is 4.54. The highest BCUT2D eigenvalue weighted by atomic mass is 35.5. The number of fused-ring (bicyclic) bond motifs is 1. The molecular weight excluding hydrogens is 398 g/mol. The molecule has 0 aliphatic rings. The molecule has 8 heteroatoms. The van der Waals surface area contributed by atoms with Gasteiger partial charge in [-0.1, -0.05) is 17.7 Å². The Labute approximate surface area is 172 Å². The monoisotopic (exact) mass is 419 g/mol. The van der Waals surface area contributed by atoms with Gasteiger partial charge in [-0.05, 0) is 37.6 Å². The van der Waals surface area contributed by atoms with Crippen molar-refractivity contribution in [3.63, 3.8) is 0 Å². The second kappa shape index (κ2) is 8.75. The second-order valence-corrected chi connectivity index (χ2v) is 8.22. The van der Waals surface area contributed by atoms with Crippen molar-refractivity contribution < 1.29 is 9.53 Å². The zero-order valence-corrected chi connectivity index (χ0v) is 17.6. The molecule has 1 amide bonds. The standard InChI is InChI=1S/C20H22ClN3O3S/c1-13-14(2)28-19-18(13)20(26)24(12-22-19)8-7-17(25)23(3)9-10-27-16-6-4-5-15(21)11-16/h4-6,11-12H,7-10H2,1-3H3. The fraction of sp³-hybridized carbons (Fsp3) is 0.350. The quantitative estimate of drug-likeness (QED) is 0.586. The molecule has 0 fully saturated rings. The summed E-state index contributed by atoms with van der Waals surface area (Å²) in [4.78, 5) is 32.8. The minimum atomic E-state index is -0.0911. The van der Waals surface area contributed by atoms with E-state index in [1.807, 2.05) is 26.0 Å². The first kappa shape index (κ1) is 20.4. The number of ether oxygens (including phenoxy) is 1. The summed E-state index contributed by atoms with van der Waals surface area (Å²) in [5.41, 5.74) is 0.875. The molecule has 0 saturated heterocycles. The van der Waals surface area contributed by atoms with E-state index in [1.54, 1.807) is 24.1 Å². The van der Waals surface area contributed by atoms with E-state index in [0.29, 0.717) is 35.9 Å². The Hall–Kier alpha value is -2.38. The van der Waals surface area contributed by atoms with Crippen LogP contribution in [0.25, 0.3) is 10.2 Å². The molecule has 0 spiro atoms. The van der Waals surface area contributed by atoms with Crippen molar-refractivity contribution in [1.29, 1.82) is 0 Å². The third-order valence-corrected chi connectivity index (χ3v) is 5.99. The van der Waals surface area contributed by atoms with Crippen molar-refractivity contribution >= 4 is 39.1 Å². The zero-order chi connectivity index (χ0) is 20.3. The topological polar surface area (TPSA) is 64.4 Å². The maximum absolute atomic E-state index is 12.7. The van der Waals surface area contributed by atoms with Crippen LogP contribution in [0.1, 0.15) is 16.9 Å². The normalized spacial score (nSPS) is 11.0. The van der Waals surface area contributed by atoms with Gasteiger partial charge in [-0.15, -0.1) is 11.3 Å². The van der Waals surface area contributed by atoms with Gasteiger partial charge in [-0.3, -0.25) is 14.2 Å². The minimum absolute atomic E-state index is 0.0556. The molecule has 0 saturated carbocycles. The molecule has 0 aliphatic heterocycles. The summed E-state index contributed by atoms with van der Waals surface area (Å²) < 4.78 is 7.12. The number of aryl methyl sites for hydroxylation is 3. The maximum Gasteiger partial charge on any atom is 0.262 e. The molecule has 0 atom stereocenters. The molecule has 0 radical (unpaired) electrons. The van der Waals surface area contributed by atoms with Gasteiger partial charge < -0.3 is 9.64 Å². The summed E-state index contributed by atoms with van der Waals surface area (Å²) >= 11 is 7.44. The number of carbonyl (C=O) groups excluding carboxylic acids is 1. The number of likely N-dealkylation sites (N-methyl/N-ethyl adjacent to an activating group) is 1. The van der Waals surface area contributed by atoms with Gasteiger partial charge in [0.2, 0.25) is 5.91 Å². The van der Waals surface area contributed by atoms with Gasteiger partial charge in [-0.25, -0.2) is 4.98 Å². The zero-order valence-electron chi connectivity index (χ0n) is 16.1. The molecule has 3 aromatic rings. The number of hydrogen-bond acceptors (Lipinski definition) is 5. The van der Waals surface area contributed by atoms with Crippen molar-refractivity contribution in [1.82, 2.24) is 14.5 Å². The van der Waals surface area contributed by atoms with Crippen LogP contribution in [0.4, 0.5) is 0 Å². The van der Waals surface area contributed by atoms with Crippen LogP contribution in [0.5, 0.6) is 5.75 Å². The Morgan fingerprint density at radius 2 is 2.14 bits per heavy atom. The molecule has 0 N–H and O–H groups in total. The number of nitrogens with zero attached hydrogens (tertiary/aromatic N) is 3. The van der Waals surface area contributed by atoms with Gasteiger partial charge >= 0.3 is 0 Å². The number of thiophene rings is 1. The molecule has 0 bridgehead atoms. The van der Waals surface area contributed by atoms with E-state index >= 15 is 0 Å². The van der Waals surface area contributed by atoms with Gasteiger partial charge in [0.25, 0.3) is 5.56 Å². The molecule has 0 unspecified atom stereocenters. The van der Waals surface area contributed by atoms with Crippen molar-refractivity contribution in [2.75, 3.05) is 20.2 Å². The number of halogens is 1. The summed E-state index contributed by atoms with van der Waals surface area (Å²) in [6, 6.07) is 7.13. The van der Waals surface area contributed by atoms with Gasteiger partial charge in [-0.2, -0.15) is 0 Å². The van der Waals surface area contributed by atoms with Crippen LogP contribution >= 0.6 is 22.9 Å². The van der Waals surface area contributed by atoms with E-state index in [2.05, 4.69) is 4.98 Å². The Balaban J connectivity index is 1.55. The first-order valence-corrected chi connectivity index (χ1v) is 10.1. The number of rotatable bonds is 7. The Kier molecular flexibility index (Phi) is 6.36. The predicted octanol–water partition coefficient (Wildman–Crippen LogP) is 3.66. The van der Waals surface area contributed by atoms with E-state index in [0.717, 1.165) is 15.3 Å². The van der Waals surface area contributed by atoms with E-state index < -0.39 is 0 Å². The number of carbonyl (C=O) groups is 1. The highest BCUT2D eigenvalue weighted by Crippen LogP contribution is 2.25. The highest BCUT2D eigenvalue weighted by molar-refractivity contribution is 7.18. The van der Waals surface area contributed by atoms with Gasteiger partial charge in [0.15, 0.2) is 0 Å². The van der Waals surface area contributed by atoms with Crippen molar-refractivity contribution in [2.24, 2.45) is 0 Å². The average Bonchev–Trinajstić information content (AvgIpc) is 2.95. The van der Waals surface area contributed by atoms with Crippen LogP contribution in [-0.4, -0.2) is 40.6 Å². The van der Waals surface area contributed by atoms with Crippen LogP contribution in [-0.2, 0) is 11.3 Å². The molecule has 3 rings (SSSR count). The predicted molar refractivity (Wildman–Crippen MR) is 113 cm³/mol. The molecule has 0 aliphatic carbocycles. The van der Waals surface area contributed by atoms with Crippen LogP contribution in [0.2, 0.25) is 5.02 Å². The summed E-state index contributed by atoms with van der Waals surface area (Å²) in [6.07, 6.45) is 1.75. The minimum Gasteiger partial charge on any atom is -0.492 e. The van der Waals surface area contributed by atoms with Gasteiger partial charge in [0.1, 0.15) is 17.2 Å². The van der Waals surface area contributed by atoms with E-state index in [1.165, 1.54) is 22.2 Å². The molecule has 2 heterocycles. The largest absolute Gasteiger partial charge is 0.492 e. The van der Waals surface area contributed by atoms with Crippen LogP contribution in [0, 0.1) is 13.8 Å².